The van der Waals surface area contributed by atoms with Gasteiger partial charge in [0, 0.05) is 12.0 Å². The van der Waals surface area contributed by atoms with E-state index in [1.807, 2.05) is 0 Å². The molecule has 0 spiro atoms. The number of alkyl halides is 1. The summed E-state index contributed by atoms with van der Waals surface area (Å²) in [6, 6.07) is 4.43. The summed E-state index contributed by atoms with van der Waals surface area (Å²) in [5, 5.41) is 0. The van der Waals surface area contributed by atoms with Crippen molar-refractivity contribution in [3.8, 4) is 0 Å². The molecule has 0 amide bonds. The lowest BCUT2D eigenvalue weighted by molar-refractivity contribution is -0.119. The minimum atomic E-state index is -1.53. The highest BCUT2D eigenvalue weighted by Crippen LogP contribution is 2.39. The van der Waals surface area contributed by atoms with Crippen LogP contribution in [-0.2, 0) is 11.2 Å². The molecule has 0 aromatic heterocycles. The van der Waals surface area contributed by atoms with Crippen molar-refractivity contribution in [1.82, 2.24) is 0 Å². The van der Waals surface area contributed by atoms with Gasteiger partial charge in [-0.05, 0) is 41.3 Å². The van der Waals surface area contributed by atoms with Gasteiger partial charge in [-0.3, -0.25) is 4.79 Å². The molecule has 0 heterocycles. The van der Waals surface area contributed by atoms with E-state index < -0.39 is 12.0 Å². The van der Waals surface area contributed by atoms with Crippen LogP contribution in [0.2, 0.25) is 0 Å². The van der Waals surface area contributed by atoms with Crippen LogP contribution >= 0.6 is 0 Å². The van der Waals surface area contributed by atoms with Gasteiger partial charge >= 0.3 is 0 Å². The fourth-order valence-electron chi connectivity index (χ4n) is 2.46. The molecule has 0 fully saturated rings. The van der Waals surface area contributed by atoms with Gasteiger partial charge in [0.1, 0.15) is 5.82 Å². The summed E-state index contributed by atoms with van der Waals surface area (Å²) < 4.78 is 26.7. The van der Waals surface area contributed by atoms with Crippen LogP contribution in [-0.4, -0.2) is 12.0 Å². The Morgan fingerprint density at radius 1 is 1.35 bits per heavy atom. The minimum absolute atomic E-state index is 0.325. The molecule has 2 aliphatic rings. The molecule has 17 heavy (non-hydrogen) atoms. The van der Waals surface area contributed by atoms with Crippen LogP contribution in [0.25, 0.3) is 5.57 Å². The van der Waals surface area contributed by atoms with Gasteiger partial charge < -0.3 is 0 Å². The normalized spacial score (nSPS) is 22.4. The van der Waals surface area contributed by atoms with Crippen LogP contribution in [0.3, 0.4) is 0 Å². The molecule has 3 heteroatoms. The summed E-state index contributed by atoms with van der Waals surface area (Å²) in [6.07, 6.45) is 0.504. The van der Waals surface area contributed by atoms with Crippen molar-refractivity contribution in [2.24, 2.45) is 0 Å². The van der Waals surface area contributed by atoms with Crippen LogP contribution in [0.1, 0.15) is 18.1 Å². The SMILES string of the molecule is CC1=CC2=C(Cc3cc(F)ccc32)C(=O)C1F. The number of benzene rings is 1. The molecular weight excluding hydrogens is 222 g/mol. The molecule has 0 N–H and O–H groups in total. The predicted molar refractivity (Wildman–Crippen MR) is 60.7 cm³/mol. The summed E-state index contributed by atoms with van der Waals surface area (Å²) in [6.45, 7) is 1.61. The average molecular weight is 232 g/mol. The lowest BCUT2D eigenvalue weighted by Crippen LogP contribution is -2.22. The number of halogens is 2. The van der Waals surface area contributed by atoms with Gasteiger partial charge in [0.25, 0.3) is 0 Å². The number of ketones is 1. The Morgan fingerprint density at radius 3 is 2.88 bits per heavy atom. The Bertz CT molecular complexity index is 596. The second kappa shape index (κ2) is 3.36. The number of carbonyl (C=O) groups excluding carboxylic acids is 1. The summed E-state index contributed by atoms with van der Waals surface area (Å²) in [7, 11) is 0. The first kappa shape index (κ1) is 10.4. The number of allylic oxidation sites excluding steroid dienone is 4. The van der Waals surface area contributed by atoms with Crippen molar-refractivity contribution in [2.75, 3.05) is 0 Å². The third-order valence-electron chi connectivity index (χ3n) is 3.35. The molecule has 1 nitrogen and oxygen atoms in total. The van der Waals surface area contributed by atoms with Crippen molar-refractivity contribution in [3.63, 3.8) is 0 Å². The zero-order chi connectivity index (χ0) is 12.2. The highest BCUT2D eigenvalue weighted by atomic mass is 19.1. The van der Waals surface area contributed by atoms with Gasteiger partial charge in [-0.1, -0.05) is 12.1 Å². The topological polar surface area (TPSA) is 17.1 Å². The van der Waals surface area contributed by atoms with Crippen molar-refractivity contribution in [1.29, 1.82) is 0 Å². The molecule has 0 saturated carbocycles. The molecule has 3 rings (SSSR count). The van der Waals surface area contributed by atoms with E-state index in [9.17, 15) is 13.6 Å². The lowest BCUT2D eigenvalue weighted by Gasteiger charge is -2.15. The molecule has 1 aromatic carbocycles. The second-order valence-corrected chi connectivity index (χ2v) is 4.49. The van der Waals surface area contributed by atoms with Gasteiger partial charge in [0.2, 0.25) is 0 Å². The smallest absolute Gasteiger partial charge is 0.198 e. The molecule has 2 aliphatic carbocycles. The molecule has 0 saturated heterocycles. The maximum absolute atomic E-state index is 13.6. The summed E-state index contributed by atoms with van der Waals surface area (Å²) in [4.78, 5) is 11.8. The van der Waals surface area contributed by atoms with E-state index in [0.717, 1.165) is 16.7 Å². The monoisotopic (exact) mass is 232 g/mol. The third-order valence-corrected chi connectivity index (χ3v) is 3.35. The van der Waals surface area contributed by atoms with Crippen LogP contribution in [0.5, 0.6) is 0 Å². The zero-order valence-corrected chi connectivity index (χ0v) is 9.26. The molecule has 1 atom stereocenters. The highest BCUT2D eigenvalue weighted by Gasteiger charge is 2.34. The first-order chi connectivity index (χ1) is 8.08. The van der Waals surface area contributed by atoms with E-state index in [1.54, 1.807) is 19.1 Å². The number of Topliss-reactive ketones (excluding diaryl/α,β-unsaturated/α-hetero) is 1. The van der Waals surface area contributed by atoms with Gasteiger partial charge in [0.15, 0.2) is 12.0 Å². The van der Waals surface area contributed by atoms with E-state index in [0.29, 0.717) is 17.6 Å². The van der Waals surface area contributed by atoms with E-state index in [2.05, 4.69) is 0 Å². The van der Waals surface area contributed by atoms with Gasteiger partial charge in [-0.25, -0.2) is 8.78 Å². The Hall–Kier alpha value is -1.77. The fourth-order valence-corrected chi connectivity index (χ4v) is 2.46. The number of hydrogen-bond donors (Lipinski definition) is 0. The first-order valence-electron chi connectivity index (χ1n) is 5.46. The maximum Gasteiger partial charge on any atom is 0.198 e. The first-order valence-corrected chi connectivity index (χ1v) is 5.46. The maximum atomic E-state index is 13.6. The van der Waals surface area contributed by atoms with Crippen molar-refractivity contribution >= 4 is 11.4 Å². The van der Waals surface area contributed by atoms with Gasteiger partial charge in [-0.2, -0.15) is 0 Å². The Kier molecular flexibility index (Phi) is 2.05. The Labute approximate surface area is 97.5 Å². The highest BCUT2D eigenvalue weighted by molar-refractivity contribution is 6.12. The molecule has 0 aliphatic heterocycles. The largest absolute Gasteiger partial charge is 0.291 e. The molecule has 86 valence electrons. The number of hydrogen-bond acceptors (Lipinski definition) is 1. The number of fused-ring (bicyclic) bond motifs is 2. The quantitative estimate of drug-likeness (QED) is 0.672. The summed E-state index contributed by atoms with van der Waals surface area (Å²) >= 11 is 0. The average Bonchev–Trinajstić information content (AvgIpc) is 2.64. The number of carbonyl (C=O) groups is 1. The van der Waals surface area contributed by atoms with Crippen molar-refractivity contribution in [3.05, 3.63) is 52.4 Å². The summed E-state index contributed by atoms with van der Waals surface area (Å²) in [5.41, 5.74) is 3.27. The van der Waals surface area contributed by atoms with E-state index in [1.165, 1.54) is 12.1 Å². The zero-order valence-electron chi connectivity index (χ0n) is 9.26. The predicted octanol–water partition coefficient (Wildman–Crippen LogP) is 3.00. The fraction of sp³-hybridized carbons (Fsp3) is 0.214. The molecule has 1 aromatic rings. The minimum Gasteiger partial charge on any atom is -0.291 e. The second-order valence-electron chi connectivity index (χ2n) is 4.49. The van der Waals surface area contributed by atoms with Crippen LogP contribution in [0.15, 0.2) is 35.4 Å². The summed E-state index contributed by atoms with van der Waals surface area (Å²) in [5.74, 6) is -0.801. The molecule has 0 radical (unpaired) electrons. The van der Waals surface area contributed by atoms with Gasteiger partial charge in [-0.15, -0.1) is 0 Å². The van der Waals surface area contributed by atoms with Crippen LogP contribution in [0, 0.1) is 5.82 Å². The molecular formula is C14H10F2O. The Morgan fingerprint density at radius 2 is 2.12 bits per heavy atom. The van der Waals surface area contributed by atoms with Crippen molar-refractivity contribution < 1.29 is 13.6 Å². The standard InChI is InChI=1S/C14H10F2O/c1-7-4-11-10-3-2-9(15)5-8(10)6-12(11)14(17)13(7)16/h2-5,13H,6H2,1H3. The Balaban J connectivity index is 2.17. The van der Waals surface area contributed by atoms with Crippen LogP contribution in [0.4, 0.5) is 8.78 Å². The molecule has 0 bridgehead atoms. The van der Waals surface area contributed by atoms with Crippen LogP contribution < -0.4 is 0 Å². The van der Waals surface area contributed by atoms with E-state index in [-0.39, 0.29) is 5.82 Å². The van der Waals surface area contributed by atoms with Crippen molar-refractivity contribution in [2.45, 2.75) is 19.5 Å². The van der Waals surface area contributed by atoms with E-state index in [4.69, 9.17) is 0 Å². The lowest BCUT2D eigenvalue weighted by atomic mass is 9.91. The van der Waals surface area contributed by atoms with E-state index >= 15 is 0 Å². The number of rotatable bonds is 0. The third kappa shape index (κ3) is 1.38. The van der Waals surface area contributed by atoms with Gasteiger partial charge in [0.05, 0.1) is 0 Å². The molecule has 1 unspecified atom stereocenters.